The highest BCUT2D eigenvalue weighted by Crippen LogP contribution is 2.46. The molecule has 0 radical (unpaired) electrons. The molecular weight excluding hydrogens is 534 g/mol. The van der Waals surface area contributed by atoms with Gasteiger partial charge in [0.15, 0.2) is 11.5 Å². The van der Waals surface area contributed by atoms with Crippen LogP contribution >= 0.6 is 11.6 Å². The highest BCUT2D eigenvalue weighted by atomic mass is 35.5. The smallest absolute Gasteiger partial charge is 0.259 e. The number of aliphatic imine (C=N–C) groups is 1. The molecule has 216 valence electrons. The second-order valence-electron chi connectivity index (χ2n) is 8.65. The number of benzene rings is 2. The molecule has 0 saturated carbocycles. The quantitative estimate of drug-likeness (QED) is 0.349. The fraction of sp³-hybridized carbons (Fsp3) is 0.367. The molecule has 1 N–H and O–H groups in total. The topological polar surface area (TPSA) is 98.7 Å². The van der Waals surface area contributed by atoms with E-state index in [-0.39, 0.29) is 46.7 Å². The summed E-state index contributed by atoms with van der Waals surface area (Å²) >= 11 is 6.41. The third-order valence-corrected chi connectivity index (χ3v) is 6.92. The van der Waals surface area contributed by atoms with Crippen molar-refractivity contribution in [2.24, 2.45) is 4.99 Å². The number of Topliss-reactive ketones (excluding diaryl/α,β-unsaturated/α-hetero) is 1. The van der Waals surface area contributed by atoms with E-state index in [1.54, 1.807) is 6.92 Å². The van der Waals surface area contributed by atoms with Crippen molar-refractivity contribution in [1.82, 2.24) is 5.32 Å². The first-order valence-electron chi connectivity index (χ1n) is 12.4. The van der Waals surface area contributed by atoms with Gasteiger partial charge in [-0.25, -0.2) is 4.99 Å². The third-order valence-electron chi connectivity index (χ3n) is 6.47. The van der Waals surface area contributed by atoms with Gasteiger partial charge >= 0.3 is 0 Å². The zero-order chi connectivity index (χ0) is 28.9. The summed E-state index contributed by atoms with van der Waals surface area (Å²) in [4.78, 5) is 33.4. The van der Waals surface area contributed by atoms with Gasteiger partial charge in [-0.1, -0.05) is 19.0 Å². The van der Waals surface area contributed by atoms with Crippen LogP contribution in [0, 0.1) is 6.92 Å². The van der Waals surface area contributed by atoms with Crippen LogP contribution in [0.25, 0.3) is 0 Å². The van der Waals surface area contributed by atoms with Crippen molar-refractivity contribution >= 4 is 40.4 Å². The Bertz CT molecular complexity index is 1380. The number of hydrogen-bond acceptors (Lipinski definition) is 8. The third kappa shape index (κ3) is 6.25. The summed E-state index contributed by atoms with van der Waals surface area (Å²) in [6, 6.07) is 7.46. The van der Waals surface area contributed by atoms with Crippen molar-refractivity contribution in [2.75, 3.05) is 46.4 Å². The molecule has 9 nitrogen and oxygen atoms in total. The molecule has 0 atom stereocenters. The van der Waals surface area contributed by atoms with E-state index in [9.17, 15) is 9.59 Å². The van der Waals surface area contributed by atoms with Crippen LogP contribution in [0.1, 0.15) is 44.1 Å². The van der Waals surface area contributed by atoms with Gasteiger partial charge in [0, 0.05) is 24.8 Å². The number of hydrogen-bond donors (Lipinski definition) is 1. The van der Waals surface area contributed by atoms with Crippen molar-refractivity contribution in [2.45, 2.75) is 35.1 Å². The average molecular weight is 572 g/mol. The number of allylic oxidation sites excluding steroid dienone is 3. The lowest BCUT2D eigenvalue weighted by atomic mass is 10.0. The van der Waals surface area contributed by atoms with E-state index in [2.05, 4.69) is 30.1 Å². The summed E-state index contributed by atoms with van der Waals surface area (Å²) in [5, 5.41) is 2.63. The zero-order valence-electron chi connectivity index (χ0n) is 23.5. The maximum atomic E-state index is 13.4. The molecule has 2 aromatic rings. The van der Waals surface area contributed by atoms with Crippen LogP contribution in [0.2, 0.25) is 0 Å². The Morgan fingerprint density at radius 3 is 2.10 bits per heavy atom. The first-order valence-corrected chi connectivity index (χ1v) is 12.8. The SMILES string of the molecule is C.CCN(CC)c1ccc(N=C2C=C(NC(=O)c3cc(OC)c(OC)c(OC)c3OC)C(=O)C(Cl)=C2C)c(C)c1. The molecule has 40 heavy (non-hydrogen) atoms. The largest absolute Gasteiger partial charge is 0.493 e. The number of ether oxygens (including phenoxy) is 4. The molecule has 0 unspecified atom stereocenters. The maximum Gasteiger partial charge on any atom is 0.259 e. The van der Waals surface area contributed by atoms with E-state index in [1.165, 1.54) is 40.6 Å². The van der Waals surface area contributed by atoms with Crippen LogP contribution in [0.15, 0.2) is 51.6 Å². The summed E-state index contributed by atoms with van der Waals surface area (Å²) < 4.78 is 21.6. The van der Waals surface area contributed by atoms with Crippen molar-refractivity contribution in [3.63, 3.8) is 0 Å². The first-order chi connectivity index (χ1) is 18.6. The normalized spacial score (nSPS) is 13.9. The molecule has 0 bridgehead atoms. The fourth-order valence-electron chi connectivity index (χ4n) is 4.29. The minimum atomic E-state index is -0.631. The van der Waals surface area contributed by atoms with Crippen molar-refractivity contribution in [3.05, 3.63) is 57.8 Å². The number of carbonyl (C=O) groups is 2. The highest BCUT2D eigenvalue weighted by Gasteiger charge is 2.29. The number of rotatable bonds is 10. The molecule has 1 aliphatic carbocycles. The predicted molar refractivity (Wildman–Crippen MR) is 160 cm³/mol. The van der Waals surface area contributed by atoms with Gasteiger partial charge in [0.2, 0.25) is 17.3 Å². The molecule has 0 spiro atoms. The van der Waals surface area contributed by atoms with E-state index >= 15 is 0 Å². The minimum Gasteiger partial charge on any atom is -0.493 e. The van der Waals surface area contributed by atoms with Gasteiger partial charge in [0.05, 0.1) is 56.1 Å². The number of nitrogens with zero attached hydrogens (tertiary/aromatic N) is 2. The standard InChI is InChI=1S/C29H34ClN3O6.CH4/c1-9-33(10-2)18-11-12-20(16(3)13-18)31-21-15-22(25(34)24(30)17(21)4)32-29(35)19-14-23(36-5)27(38-7)28(39-8)26(19)37-6;/h11-15H,9-10H2,1-8H3,(H,32,35);1H4. The van der Waals surface area contributed by atoms with Gasteiger partial charge in [0.1, 0.15) is 0 Å². The second kappa shape index (κ2) is 13.9. The zero-order valence-corrected chi connectivity index (χ0v) is 24.3. The van der Waals surface area contributed by atoms with Crippen LogP contribution in [-0.4, -0.2) is 58.9 Å². The summed E-state index contributed by atoms with van der Waals surface area (Å²) in [5.74, 6) is -0.348. The Labute approximate surface area is 241 Å². The van der Waals surface area contributed by atoms with Crippen LogP contribution in [0.3, 0.4) is 0 Å². The number of ketones is 1. The van der Waals surface area contributed by atoms with E-state index in [1.807, 2.05) is 19.1 Å². The number of halogens is 1. The molecule has 0 aliphatic heterocycles. The number of aryl methyl sites for hydroxylation is 1. The summed E-state index contributed by atoms with van der Waals surface area (Å²) in [7, 11) is 5.70. The summed E-state index contributed by atoms with van der Waals surface area (Å²) in [6.07, 6.45) is 1.52. The molecule has 0 fully saturated rings. The molecule has 2 aromatic carbocycles. The fourth-order valence-corrected chi connectivity index (χ4v) is 4.49. The van der Waals surface area contributed by atoms with Gasteiger partial charge in [-0.2, -0.15) is 0 Å². The van der Waals surface area contributed by atoms with Crippen LogP contribution < -0.4 is 29.2 Å². The van der Waals surface area contributed by atoms with Crippen molar-refractivity contribution in [3.8, 4) is 23.0 Å². The molecule has 0 aromatic heterocycles. The minimum absolute atomic E-state index is 0. The summed E-state index contributed by atoms with van der Waals surface area (Å²) in [6.45, 7) is 9.70. The Morgan fingerprint density at radius 1 is 0.950 bits per heavy atom. The number of anilines is 1. The second-order valence-corrected chi connectivity index (χ2v) is 9.02. The van der Waals surface area contributed by atoms with Crippen molar-refractivity contribution in [1.29, 1.82) is 0 Å². The van der Waals surface area contributed by atoms with E-state index in [4.69, 9.17) is 35.5 Å². The lowest BCUT2D eigenvalue weighted by Gasteiger charge is -2.22. The van der Waals surface area contributed by atoms with E-state index in [0.717, 1.165) is 30.0 Å². The van der Waals surface area contributed by atoms with Gasteiger partial charge in [-0.05, 0) is 63.1 Å². The number of methoxy groups -OCH3 is 4. The Morgan fingerprint density at radius 2 is 1.57 bits per heavy atom. The molecule has 0 heterocycles. The lowest BCUT2D eigenvalue weighted by Crippen LogP contribution is -2.31. The summed E-state index contributed by atoms with van der Waals surface area (Å²) in [5.41, 5.74) is 3.82. The Hall–Kier alpha value is -3.98. The number of amides is 1. The lowest BCUT2D eigenvalue weighted by molar-refractivity contribution is -0.112. The monoisotopic (exact) mass is 571 g/mol. The first kappa shape index (κ1) is 32.2. The maximum absolute atomic E-state index is 13.4. The van der Waals surface area contributed by atoms with Crippen molar-refractivity contribution < 1.29 is 28.5 Å². The molecule has 3 rings (SSSR count). The van der Waals surface area contributed by atoms with Crippen LogP contribution in [-0.2, 0) is 4.79 Å². The molecule has 1 aliphatic rings. The molecular formula is C30H38ClN3O6. The predicted octanol–water partition coefficient (Wildman–Crippen LogP) is 5.99. The van der Waals surface area contributed by atoms with Gasteiger partial charge in [-0.15, -0.1) is 0 Å². The van der Waals surface area contributed by atoms with Crippen LogP contribution in [0.4, 0.5) is 11.4 Å². The van der Waals surface area contributed by atoms with Gasteiger partial charge in [-0.3, -0.25) is 9.59 Å². The molecule has 10 heteroatoms. The van der Waals surface area contributed by atoms with Gasteiger partial charge in [0.25, 0.3) is 5.91 Å². The van der Waals surface area contributed by atoms with Gasteiger partial charge < -0.3 is 29.2 Å². The highest BCUT2D eigenvalue weighted by molar-refractivity contribution is 6.49. The van der Waals surface area contributed by atoms with Crippen LogP contribution in [0.5, 0.6) is 23.0 Å². The average Bonchev–Trinajstić information content (AvgIpc) is 2.94. The van der Waals surface area contributed by atoms with E-state index < -0.39 is 11.7 Å². The Kier molecular flexibility index (Phi) is 11.2. The number of nitrogens with one attached hydrogen (secondary N) is 1. The molecule has 1 amide bonds. The van der Waals surface area contributed by atoms with E-state index in [0.29, 0.717) is 11.3 Å². The molecule has 0 saturated heterocycles. The number of carbonyl (C=O) groups excluding carboxylic acids is 2. The Balaban J connectivity index is 0.00000560.